The summed E-state index contributed by atoms with van der Waals surface area (Å²) in [5.74, 6) is 0. The fraction of sp³-hybridized carbons (Fsp3) is 0.500. The van der Waals surface area contributed by atoms with Crippen molar-refractivity contribution < 1.29 is 8.78 Å². The summed E-state index contributed by atoms with van der Waals surface area (Å²) in [4.78, 5) is 2.07. The first kappa shape index (κ1) is 10.4. The highest BCUT2D eigenvalue weighted by atomic mass is 19.3. The number of alkyl halides is 2. The smallest absolute Gasteiger partial charge is 0.265 e. The van der Waals surface area contributed by atoms with Crippen LogP contribution in [0.3, 0.4) is 0 Å². The first-order valence-corrected chi connectivity index (χ1v) is 5.28. The van der Waals surface area contributed by atoms with E-state index >= 15 is 0 Å². The van der Waals surface area contributed by atoms with Crippen molar-refractivity contribution in [2.24, 2.45) is 0 Å². The maximum Gasteiger partial charge on any atom is 0.265 e. The van der Waals surface area contributed by atoms with E-state index in [1.165, 1.54) is 6.07 Å². The van der Waals surface area contributed by atoms with Crippen molar-refractivity contribution in [3.63, 3.8) is 0 Å². The van der Waals surface area contributed by atoms with Crippen molar-refractivity contribution in [1.29, 1.82) is 0 Å². The van der Waals surface area contributed by atoms with Gasteiger partial charge in [-0.05, 0) is 25.8 Å². The molecule has 3 heteroatoms. The van der Waals surface area contributed by atoms with E-state index in [4.69, 9.17) is 0 Å². The number of rotatable bonds is 2. The summed E-state index contributed by atoms with van der Waals surface area (Å²) in [7, 11) is 0. The highest BCUT2D eigenvalue weighted by Crippen LogP contribution is 2.37. The summed E-state index contributed by atoms with van der Waals surface area (Å²) in [6, 6.07) is 5.49. The van der Waals surface area contributed by atoms with E-state index in [9.17, 15) is 8.78 Å². The molecule has 0 spiro atoms. The van der Waals surface area contributed by atoms with Crippen molar-refractivity contribution in [2.75, 3.05) is 11.4 Å². The molecule has 82 valence electrons. The van der Waals surface area contributed by atoms with Crippen LogP contribution in [0.4, 0.5) is 14.5 Å². The minimum absolute atomic E-state index is 0.179. The number of fused-ring (bicyclic) bond motifs is 1. The Morgan fingerprint density at radius 2 is 2.00 bits per heavy atom. The van der Waals surface area contributed by atoms with E-state index in [-0.39, 0.29) is 11.6 Å². The molecule has 1 aromatic rings. The Balaban J connectivity index is 2.48. The van der Waals surface area contributed by atoms with Gasteiger partial charge in [-0.2, -0.15) is 0 Å². The maximum atomic E-state index is 12.8. The molecule has 0 saturated heterocycles. The van der Waals surface area contributed by atoms with Crippen LogP contribution in [0.2, 0.25) is 0 Å². The predicted molar refractivity (Wildman–Crippen MR) is 57.6 cm³/mol. The van der Waals surface area contributed by atoms with Gasteiger partial charge in [-0.1, -0.05) is 18.2 Å². The van der Waals surface area contributed by atoms with Crippen molar-refractivity contribution in [2.45, 2.75) is 32.7 Å². The molecular formula is C12H15F2N. The third kappa shape index (κ3) is 1.71. The molecule has 0 atom stereocenters. The lowest BCUT2D eigenvalue weighted by atomic mass is 10.1. The summed E-state index contributed by atoms with van der Waals surface area (Å²) in [6.07, 6.45) is -1.49. The van der Waals surface area contributed by atoms with Gasteiger partial charge in [0.05, 0.1) is 0 Å². The van der Waals surface area contributed by atoms with Gasteiger partial charge in [-0.3, -0.25) is 0 Å². The molecule has 0 fully saturated rings. The monoisotopic (exact) mass is 211 g/mol. The molecule has 1 heterocycles. The van der Waals surface area contributed by atoms with Gasteiger partial charge in [-0.15, -0.1) is 0 Å². The zero-order valence-electron chi connectivity index (χ0n) is 9.00. The first-order chi connectivity index (χ1) is 7.11. The summed E-state index contributed by atoms with van der Waals surface area (Å²) >= 11 is 0. The Bertz CT molecular complexity index is 361. The Kier molecular flexibility index (Phi) is 2.63. The van der Waals surface area contributed by atoms with Crippen LogP contribution in [0.25, 0.3) is 0 Å². The molecule has 1 aliphatic heterocycles. The van der Waals surface area contributed by atoms with E-state index in [0.29, 0.717) is 0 Å². The second-order valence-corrected chi connectivity index (χ2v) is 4.19. The summed E-state index contributed by atoms with van der Waals surface area (Å²) in [5, 5.41) is 0. The molecule has 0 aliphatic carbocycles. The van der Waals surface area contributed by atoms with E-state index in [2.05, 4.69) is 4.90 Å². The SMILES string of the molecule is CC(C)N1CCc2cccc(C(F)F)c21. The number of para-hydroxylation sites is 1. The highest BCUT2D eigenvalue weighted by molar-refractivity contribution is 5.64. The molecule has 0 unspecified atom stereocenters. The maximum absolute atomic E-state index is 12.8. The molecule has 1 aromatic carbocycles. The minimum Gasteiger partial charge on any atom is -0.368 e. The van der Waals surface area contributed by atoms with Gasteiger partial charge in [-0.25, -0.2) is 8.78 Å². The number of hydrogen-bond donors (Lipinski definition) is 0. The van der Waals surface area contributed by atoms with E-state index in [1.54, 1.807) is 6.07 Å². The molecular weight excluding hydrogens is 196 g/mol. The lowest BCUT2D eigenvalue weighted by Crippen LogP contribution is -2.29. The van der Waals surface area contributed by atoms with Crippen LogP contribution in [0, 0.1) is 0 Å². The topological polar surface area (TPSA) is 3.24 Å². The third-order valence-corrected chi connectivity index (χ3v) is 2.92. The highest BCUT2D eigenvalue weighted by Gasteiger charge is 2.26. The zero-order chi connectivity index (χ0) is 11.0. The number of anilines is 1. The number of nitrogens with zero attached hydrogens (tertiary/aromatic N) is 1. The van der Waals surface area contributed by atoms with Crippen molar-refractivity contribution in [1.82, 2.24) is 0 Å². The van der Waals surface area contributed by atoms with E-state index in [1.807, 2.05) is 19.9 Å². The Labute approximate surface area is 88.7 Å². The third-order valence-electron chi connectivity index (χ3n) is 2.92. The van der Waals surface area contributed by atoms with Crippen LogP contribution in [0.5, 0.6) is 0 Å². The largest absolute Gasteiger partial charge is 0.368 e. The number of benzene rings is 1. The van der Waals surface area contributed by atoms with Crippen molar-refractivity contribution >= 4 is 5.69 Å². The van der Waals surface area contributed by atoms with Crippen LogP contribution in [0.15, 0.2) is 18.2 Å². The summed E-state index contributed by atoms with van der Waals surface area (Å²) in [5.41, 5.74) is 2.00. The Morgan fingerprint density at radius 3 is 2.60 bits per heavy atom. The molecule has 0 N–H and O–H groups in total. The second-order valence-electron chi connectivity index (χ2n) is 4.19. The fourth-order valence-electron chi connectivity index (χ4n) is 2.21. The van der Waals surface area contributed by atoms with Crippen molar-refractivity contribution in [3.05, 3.63) is 29.3 Å². The summed E-state index contributed by atoms with van der Waals surface area (Å²) in [6.45, 7) is 4.94. The predicted octanol–water partition coefficient (Wildman–Crippen LogP) is 3.40. The second kappa shape index (κ2) is 3.80. The van der Waals surface area contributed by atoms with Gasteiger partial charge < -0.3 is 4.90 Å². The van der Waals surface area contributed by atoms with Gasteiger partial charge in [0.15, 0.2) is 0 Å². The molecule has 0 aromatic heterocycles. The number of halogens is 2. The summed E-state index contributed by atoms with van der Waals surface area (Å²) < 4.78 is 25.7. The van der Waals surface area contributed by atoms with Gasteiger partial charge >= 0.3 is 0 Å². The quantitative estimate of drug-likeness (QED) is 0.724. The molecule has 0 bridgehead atoms. The van der Waals surface area contributed by atoms with Gasteiger partial charge in [0, 0.05) is 23.8 Å². The average Bonchev–Trinajstić information content (AvgIpc) is 2.60. The molecule has 0 radical (unpaired) electrons. The van der Waals surface area contributed by atoms with Gasteiger partial charge in [0.1, 0.15) is 0 Å². The average molecular weight is 211 g/mol. The molecule has 2 rings (SSSR count). The molecule has 15 heavy (non-hydrogen) atoms. The Morgan fingerprint density at radius 1 is 1.27 bits per heavy atom. The first-order valence-electron chi connectivity index (χ1n) is 5.28. The van der Waals surface area contributed by atoms with Crippen LogP contribution < -0.4 is 4.90 Å². The molecule has 0 saturated carbocycles. The molecule has 1 nitrogen and oxygen atoms in total. The fourth-order valence-corrected chi connectivity index (χ4v) is 2.21. The zero-order valence-corrected chi connectivity index (χ0v) is 9.00. The van der Waals surface area contributed by atoms with Crippen molar-refractivity contribution in [3.8, 4) is 0 Å². The van der Waals surface area contributed by atoms with E-state index in [0.717, 1.165) is 24.2 Å². The molecule has 0 amide bonds. The minimum atomic E-state index is -2.38. The van der Waals surface area contributed by atoms with Gasteiger partial charge in [0.25, 0.3) is 6.43 Å². The normalized spacial score (nSPS) is 15.2. The van der Waals surface area contributed by atoms with Crippen LogP contribution in [0.1, 0.15) is 31.4 Å². The standard InChI is InChI=1S/C12H15F2N/c1-8(2)15-7-6-9-4-3-5-10(11(9)15)12(13)14/h3-5,8,12H,6-7H2,1-2H3. The van der Waals surface area contributed by atoms with E-state index < -0.39 is 6.43 Å². The number of hydrogen-bond acceptors (Lipinski definition) is 1. The molecule has 1 aliphatic rings. The lowest BCUT2D eigenvalue weighted by Gasteiger charge is -2.26. The van der Waals surface area contributed by atoms with Crippen LogP contribution in [-0.4, -0.2) is 12.6 Å². The van der Waals surface area contributed by atoms with Gasteiger partial charge in [0.2, 0.25) is 0 Å². The Hall–Kier alpha value is -1.12. The van der Waals surface area contributed by atoms with Crippen LogP contribution >= 0.6 is 0 Å². The van der Waals surface area contributed by atoms with Crippen LogP contribution in [-0.2, 0) is 6.42 Å². The lowest BCUT2D eigenvalue weighted by molar-refractivity contribution is 0.152.